The second-order valence-corrected chi connectivity index (χ2v) is 4.96. The lowest BCUT2D eigenvalue weighted by Crippen LogP contribution is -2.15. The van der Waals surface area contributed by atoms with E-state index >= 15 is 0 Å². The SMILES string of the molecule is O=C(Cl)/C=C/c1cccc(O)c1C(=O)C(=O)c1ccc(O)cc1. The van der Waals surface area contributed by atoms with Gasteiger partial charge in [-0.15, -0.1) is 0 Å². The number of ketones is 2. The van der Waals surface area contributed by atoms with E-state index in [4.69, 9.17) is 11.6 Å². The average molecular weight is 331 g/mol. The topological polar surface area (TPSA) is 91.7 Å². The highest BCUT2D eigenvalue weighted by atomic mass is 35.5. The summed E-state index contributed by atoms with van der Waals surface area (Å²) in [5.41, 5.74) is 0.0373. The number of aromatic hydroxyl groups is 2. The minimum Gasteiger partial charge on any atom is -0.508 e. The quantitative estimate of drug-likeness (QED) is 0.380. The summed E-state index contributed by atoms with van der Waals surface area (Å²) in [4.78, 5) is 35.4. The molecule has 5 nitrogen and oxygen atoms in total. The van der Waals surface area contributed by atoms with Crippen molar-refractivity contribution < 1.29 is 24.6 Å². The minimum atomic E-state index is -0.935. The van der Waals surface area contributed by atoms with Gasteiger partial charge in [-0.1, -0.05) is 12.1 Å². The number of rotatable bonds is 5. The van der Waals surface area contributed by atoms with Crippen LogP contribution in [0, 0.1) is 0 Å². The van der Waals surface area contributed by atoms with Gasteiger partial charge in [-0.05, 0) is 59.6 Å². The molecule has 0 aliphatic rings. The van der Waals surface area contributed by atoms with E-state index in [0.717, 1.165) is 6.08 Å². The van der Waals surface area contributed by atoms with Gasteiger partial charge in [0.05, 0.1) is 5.56 Å². The Bertz CT molecular complexity index is 806. The van der Waals surface area contributed by atoms with Gasteiger partial charge >= 0.3 is 0 Å². The standard InChI is InChI=1S/C17H11ClO5/c18-14(21)9-6-10-2-1-3-13(20)15(10)17(23)16(22)11-4-7-12(19)8-5-11/h1-9,19-20H/b9-6+. The van der Waals surface area contributed by atoms with Crippen LogP contribution in [0.2, 0.25) is 0 Å². The lowest BCUT2D eigenvalue weighted by atomic mass is 9.96. The number of hydrogen-bond acceptors (Lipinski definition) is 5. The third kappa shape index (κ3) is 3.84. The van der Waals surface area contributed by atoms with E-state index in [1.54, 1.807) is 0 Å². The number of carbonyl (C=O) groups is 3. The Morgan fingerprint density at radius 2 is 1.57 bits per heavy atom. The lowest BCUT2D eigenvalue weighted by Gasteiger charge is -2.07. The van der Waals surface area contributed by atoms with E-state index in [1.165, 1.54) is 48.5 Å². The van der Waals surface area contributed by atoms with Crippen molar-refractivity contribution in [3.8, 4) is 11.5 Å². The fourth-order valence-electron chi connectivity index (χ4n) is 1.96. The minimum absolute atomic E-state index is 0.0409. The smallest absolute Gasteiger partial charge is 0.245 e. The van der Waals surface area contributed by atoms with Gasteiger partial charge in [0.15, 0.2) is 0 Å². The molecule has 0 aromatic heterocycles. The first-order valence-corrected chi connectivity index (χ1v) is 6.85. The zero-order chi connectivity index (χ0) is 17.0. The van der Waals surface area contributed by atoms with Crippen LogP contribution in [0.3, 0.4) is 0 Å². The van der Waals surface area contributed by atoms with Crippen molar-refractivity contribution in [2.45, 2.75) is 0 Å². The molecule has 0 radical (unpaired) electrons. The van der Waals surface area contributed by atoms with Gasteiger partial charge in [0.1, 0.15) is 11.5 Å². The second-order valence-electron chi connectivity index (χ2n) is 4.58. The van der Waals surface area contributed by atoms with Crippen LogP contribution in [0.15, 0.2) is 48.5 Å². The summed E-state index contributed by atoms with van der Waals surface area (Å²) < 4.78 is 0. The predicted molar refractivity (Wildman–Crippen MR) is 84.8 cm³/mol. The Hall–Kier alpha value is -2.92. The third-order valence-corrected chi connectivity index (χ3v) is 3.16. The van der Waals surface area contributed by atoms with Crippen LogP contribution in [-0.2, 0) is 4.79 Å². The van der Waals surface area contributed by atoms with Crippen molar-refractivity contribution >= 4 is 34.5 Å². The summed E-state index contributed by atoms with van der Waals surface area (Å²) in [5.74, 6) is -2.21. The molecule has 0 unspecified atom stereocenters. The molecule has 0 amide bonds. The Morgan fingerprint density at radius 3 is 2.17 bits per heavy atom. The molecule has 0 atom stereocenters. The van der Waals surface area contributed by atoms with Gasteiger partial charge in [-0.3, -0.25) is 14.4 Å². The van der Waals surface area contributed by atoms with Crippen molar-refractivity contribution in [2.75, 3.05) is 0 Å². The molecule has 0 saturated carbocycles. The molecule has 0 spiro atoms. The molecule has 116 valence electrons. The van der Waals surface area contributed by atoms with Gasteiger partial charge in [-0.25, -0.2) is 0 Å². The molecular weight excluding hydrogens is 320 g/mol. The monoisotopic (exact) mass is 330 g/mol. The van der Waals surface area contributed by atoms with Crippen molar-refractivity contribution in [3.63, 3.8) is 0 Å². The molecule has 2 N–H and O–H groups in total. The van der Waals surface area contributed by atoms with Crippen LogP contribution in [0.4, 0.5) is 0 Å². The summed E-state index contributed by atoms with van der Waals surface area (Å²) in [6.07, 6.45) is 2.25. The lowest BCUT2D eigenvalue weighted by molar-refractivity contribution is -0.107. The number of hydrogen-bond donors (Lipinski definition) is 2. The van der Waals surface area contributed by atoms with Crippen LogP contribution in [0.25, 0.3) is 6.08 Å². The molecule has 0 aliphatic carbocycles. The number of phenols is 2. The van der Waals surface area contributed by atoms with Crippen LogP contribution in [0.5, 0.6) is 11.5 Å². The maximum absolute atomic E-state index is 12.4. The fraction of sp³-hybridized carbons (Fsp3) is 0. The number of allylic oxidation sites excluding steroid dienone is 1. The Balaban J connectivity index is 2.44. The summed E-state index contributed by atoms with van der Waals surface area (Å²) in [7, 11) is 0. The highest BCUT2D eigenvalue weighted by molar-refractivity contribution is 6.66. The van der Waals surface area contributed by atoms with Gasteiger partial charge in [0.2, 0.25) is 16.8 Å². The number of phenolic OH excluding ortho intramolecular Hbond substituents is 2. The van der Waals surface area contributed by atoms with Crippen molar-refractivity contribution in [2.24, 2.45) is 0 Å². The summed E-state index contributed by atoms with van der Waals surface area (Å²) in [5, 5.41) is 18.4. The molecule has 0 fully saturated rings. The van der Waals surface area contributed by atoms with Crippen LogP contribution in [0.1, 0.15) is 26.3 Å². The van der Waals surface area contributed by atoms with E-state index in [9.17, 15) is 24.6 Å². The van der Waals surface area contributed by atoms with Crippen molar-refractivity contribution in [1.29, 1.82) is 0 Å². The molecule has 2 aromatic carbocycles. The maximum Gasteiger partial charge on any atom is 0.245 e. The van der Waals surface area contributed by atoms with Gasteiger partial charge in [0, 0.05) is 5.56 Å². The first-order chi connectivity index (χ1) is 10.9. The molecular formula is C17H11ClO5. The first-order valence-electron chi connectivity index (χ1n) is 6.47. The van der Waals surface area contributed by atoms with E-state index in [2.05, 4.69) is 0 Å². The number of Topliss-reactive ketones (excluding diaryl/α,β-unsaturated/α-hetero) is 2. The van der Waals surface area contributed by atoms with E-state index < -0.39 is 16.8 Å². The molecule has 0 aliphatic heterocycles. The van der Waals surface area contributed by atoms with E-state index in [0.29, 0.717) is 0 Å². The van der Waals surface area contributed by atoms with Gasteiger partial charge in [-0.2, -0.15) is 0 Å². The Kier molecular flexibility index (Phi) is 4.93. The first kappa shape index (κ1) is 16.5. The zero-order valence-corrected chi connectivity index (χ0v) is 12.4. The highest BCUT2D eigenvalue weighted by Gasteiger charge is 2.23. The molecule has 6 heteroatoms. The molecule has 0 saturated heterocycles. The number of carbonyl (C=O) groups excluding carboxylic acids is 3. The maximum atomic E-state index is 12.4. The fourth-order valence-corrected chi connectivity index (χ4v) is 2.02. The Labute approximate surface area is 136 Å². The predicted octanol–water partition coefficient (Wildman–Crippen LogP) is 2.94. The zero-order valence-electron chi connectivity index (χ0n) is 11.7. The van der Waals surface area contributed by atoms with Crippen molar-refractivity contribution in [1.82, 2.24) is 0 Å². The highest BCUT2D eigenvalue weighted by Crippen LogP contribution is 2.24. The molecule has 0 heterocycles. The molecule has 2 aromatic rings. The van der Waals surface area contributed by atoms with Crippen LogP contribution >= 0.6 is 11.6 Å². The van der Waals surface area contributed by atoms with Gasteiger partial charge in [0.25, 0.3) is 0 Å². The molecule has 23 heavy (non-hydrogen) atoms. The number of benzene rings is 2. The largest absolute Gasteiger partial charge is 0.508 e. The van der Waals surface area contributed by atoms with Crippen LogP contribution in [-0.4, -0.2) is 27.0 Å². The summed E-state index contributed by atoms with van der Waals surface area (Å²) in [6.45, 7) is 0. The van der Waals surface area contributed by atoms with Crippen molar-refractivity contribution in [3.05, 3.63) is 65.2 Å². The van der Waals surface area contributed by atoms with E-state index in [-0.39, 0.29) is 28.2 Å². The second kappa shape index (κ2) is 6.89. The third-order valence-electron chi connectivity index (χ3n) is 3.03. The van der Waals surface area contributed by atoms with E-state index in [1.807, 2.05) is 0 Å². The molecule has 0 bridgehead atoms. The molecule has 2 rings (SSSR count). The number of halogens is 1. The Morgan fingerprint density at radius 1 is 0.913 bits per heavy atom. The normalized spacial score (nSPS) is 10.7. The summed E-state index contributed by atoms with van der Waals surface area (Å²) in [6, 6.07) is 9.34. The summed E-state index contributed by atoms with van der Waals surface area (Å²) >= 11 is 5.21. The average Bonchev–Trinajstić information content (AvgIpc) is 2.52. The van der Waals surface area contributed by atoms with Gasteiger partial charge < -0.3 is 10.2 Å². The van der Waals surface area contributed by atoms with Crippen LogP contribution < -0.4 is 0 Å².